The number of nitrogens with zero attached hydrogens (tertiary/aromatic N) is 4. The molecule has 1 aromatic heterocycles. The zero-order valence-electron chi connectivity index (χ0n) is 16.9. The number of rotatable bonds is 6. The smallest absolute Gasteiger partial charge is 0.258 e. The van der Waals surface area contributed by atoms with E-state index >= 15 is 0 Å². The molecule has 1 fully saturated rings. The fourth-order valence-corrected chi connectivity index (χ4v) is 4.03. The second kappa shape index (κ2) is 9.35. The average Bonchev–Trinajstić information content (AvgIpc) is 3.08. The lowest BCUT2D eigenvalue weighted by atomic mass is 10.2. The van der Waals surface area contributed by atoms with Crippen molar-refractivity contribution in [1.82, 2.24) is 19.4 Å². The van der Waals surface area contributed by atoms with Gasteiger partial charge in [-0.15, -0.1) is 0 Å². The number of hydrogen-bond donors (Lipinski definition) is 1. The van der Waals surface area contributed by atoms with Crippen molar-refractivity contribution in [2.45, 2.75) is 13.0 Å². The third-order valence-corrected chi connectivity index (χ3v) is 6.25. The number of hydrogen-bond acceptors (Lipinski definition) is 4. The number of likely N-dealkylation sites (N-methyl/N-ethyl adjacent to an activating group) is 1. The van der Waals surface area contributed by atoms with Gasteiger partial charge >= 0.3 is 0 Å². The van der Waals surface area contributed by atoms with Crippen LogP contribution in [0.1, 0.15) is 16.8 Å². The lowest BCUT2D eigenvalue weighted by Crippen LogP contribution is -2.44. The van der Waals surface area contributed by atoms with Crippen LogP contribution in [0.3, 0.4) is 0 Å². The maximum absolute atomic E-state index is 12.8. The number of carbonyl (C=O) groups is 1. The molecule has 8 heteroatoms. The van der Waals surface area contributed by atoms with Crippen LogP contribution in [0.5, 0.6) is 0 Å². The fourth-order valence-electron chi connectivity index (χ4n) is 3.73. The standard InChI is InChI=1S/C22H25Cl2N5O/c1-27-11-13-28(14-12-27)9-4-10-29-20-6-3-2-5-19(20)25-22(29)26-21(30)16-7-8-17(23)18(24)15-16/h2-3,5-8,15H,4,9-14H2,1H3,(H,25,26,30). The molecule has 4 rings (SSSR count). The van der Waals surface area contributed by atoms with Crippen molar-refractivity contribution in [1.29, 1.82) is 0 Å². The van der Waals surface area contributed by atoms with E-state index in [4.69, 9.17) is 23.2 Å². The van der Waals surface area contributed by atoms with Crippen molar-refractivity contribution < 1.29 is 4.79 Å². The average molecular weight is 446 g/mol. The first kappa shape index (κ1) is 21.1. The van der Waals surface area contributed by atoms with Crippen LogP contribution in [0, 0.1) is 0 Å². The second-order valence-corrected chi connectivity index (χ2v) is 8.47. The fraction of sp³-hybridized carbons (Fsp3) is 0.364. The van der Waals surface area contributed by atoms with E-state index in [9.17, 15) is 4.79 Å². The summed E-state index contributed by atoms with van der Waals surface area (Å²) in [5.74, 6) is 0.287. The number of amides is 1. The molecule has 6 nitrogen and oxygen atoms in total. The molecule has 2 heterocycles. The van der Waals surface area contributed by atoms with Gasteiger partial charge in [0.15, 0.2) is 0 Å². The van der Waals surface area contributed by atoms with Gasteiger partial charge in [-0.05, 0) is 50.3 Å². The molecule has 3 aromatic rings. The van der Waals surface area contributed by atoms with E-state index in [1.165, 1.54) is 0 Å². The van der Waals surface area contributed by atoms with Crippen molar-refractivity contribution in [3.8, 4) is 0 Å². The van der Waals surface area contributed by atoms with Crippen molar-refractivity contribution in [2.75, 3.05) is 45.1 Å². The summed E-state index contributed by atoms with van der Waals surface area (Å²) < 4.78 is 2.08. The molecular weight excluding hydrogens is 421 g/mol. The first-order valence-electron chi connectivity index (χ1n) is 10.1. The van der Waals surface area contributed by atoms with E-state index in [0.717, 1.165) is 56.7 Å². The molecule has 0 unspecified atom stereocenters. The third-order valence-electron chi connectivity index (χ3n) is 5.51. The monoisotopic (exact) mass is 445 g/mol. The molecule has 158 valence electrons. The summed E-state index contributed by atoms with van der Waals surface area (Å²) >= 11 is 12.0. The van der Waals surface area contributed by atoms with E-state index in [1.54, 1.807) is 18.2 Å². The number of halogens is 2. The zero-order valence-corrected chi connectivity index (χ0v) is 18.5. The summed E-state index contributed by atoms with van der Waals surface area (Å²) in [6, 6.07) is 12.8. The molecule has 0 saturated carbocycles. The third kappa shape index (κ3) is 4.78. The highest BCUT2D eigenvalue weighted by molar-refractivity contribution is 6.42. The molecule has 30 heavy (non-hydrogen) atoms. The Morgan fingerprint density at radius 2 is 1.80 bits per heavy atom. The van der Waals surface area contributed by atoms with Crippen LogP contribution in [0.15, 0.2) is 42.5 Å². The van der Waals surface area contributed by atoms with Gasteiger partial charge in [-0.2, -0.15) is 0 Å². The lowest BCUT2D eigenvalue weighted by Gasteiger charge is -2.32. The molecule has 0 spiro atoms. The molecule has 0 atom stereocenters. The second-order valence-electron chi connectivity index (χ2n) is 7.66. The Kier molecular flexibility index (Phi) is 6.58. The summed E-state index contributed by atoms with van der Waals surface area (Å²) in [4.78, 5) is 22.3. The van der Waals surface area contributed by atoms with Crippen LogP contribution in [0.4, 0.5) is 5.95 Å². The maximum atomic E-state index is 12.8. The lowest BCUT2D eigenvalue weighted by molar-refractivity contribution is 0.102. The number of aryl methyl sites for hydroxylation is 1. The van der Waals surface area contributed by atoms with Crippen molar-refractivity contribution in [3.05, 3.63) is 58.1 Å². The molecule has 0 bridgehead atoms. The Morgan fingerprint density at radius 3 is 2.57 bits per heavy atom. The normalized spacial score (nSPS) is 15.6. The van der Waals surface area contributed by atoms with Crippen molar-refractivity contribution >= 4 is 46.1 Å². The molecule has 0 aliphatic carbocycles. The first-order valence-corrected chi connectivity index (χ1v) is 10.9. The number of para-hydroxylation sites is 2. The highest BCUT2D eigenvalue weighted by atomic mass is 35.5. The quantitative estimate of drug-likeness (QED) is 0.616. The molecule has 2 aromatic carbocycles. The Bertz CT molecular complexity index is 1040. The van der Waals surface area contributed by atoms with E-state index in [-0.39, 0.29) is 5.91 Å². The van der Waals surface area contributed by atoms with Crippen LogP contribution in [-0.4, -0.2) is 65.0 Å². The van der Waals surface area contributed by atoms with E-state index in [2.05, 4.69) is 31.7 Å². The predicted molar refractivity (Wildman–Crippen MR) is 123 cm³/mol. The van der Waals surface area contributed by atoms with Crippen molar-refractivity contribution in [2.24, 2.45) is 0 Å². The summed E-state index contributed by atoms with van der Waals surface area (Å²) in [5, 5.41) is 3.72. The van der Waals surface area contributed by atoms with Crippen molar-refractivity contribution in [3.63, 3.8) is 0 Å². The van der Waals surface area contributed by atoms with Crippen LogP contribution in [-0.2, 0) is 6.54 Å². The number of benzene rings is 2. The van der Waals surface area contributed by atoms with Gasteiger partial charge < -0.3 is 14.4 Å². The number of aromatic nitrogens is 2. The summed E-state index contributed by atoms with van der Waals surface area (Å²) in [5.41, 5.74) is 2.32. The molecule has 1 saturated heterocycles. The Hall–Kier alpha value is -2.12. The minimum absolute atomic E-state index is 0.260. The van der Waals surface area contributed by atoms with Gasteiger partial charge in [0.2, 0.25) is 5.95 Å². The van der Waals surface area contributed by atoms with E-state index < -0.39 is 0 Å². The minimum atomic E-state index is -0.260. The van der Waals surface area contributed by atoms with Gasteiger partial charge in [0.25, 0.3) is 5.91 Å². The number of nitrogens with one attached hydrogen (secondary N) is 1. The maximum Gasteiger partial charge on any atom is 0.258 e. The molecule has 1 aliphatic rings. The number of carbonyl (C=O) groups excluding carboxylic acids is 1. The summed E-state index contributed by atoms with van der Waals surface area (Å²) in [7, 11) is 2.16. The van der Waals surface area contributed by atoms with Gasteiger partial charge in [0.1, 0.15) is 0 Å². The van der Waals surface area contributed by atoms with Crippen LogP contribution >= 0.6 is 23.2 Å². The molecule has 1 aliphatic heterocycles. The van der Waals surface area contributed by atoms with Gasteiger partial charge in [0, 0.05) is 38.3 Å². The number of imidazole rings is 1. The Balaban J connectivity index is 1.49. The highest BCUT2D eigenvalue weighted by Crippen LogP contribution is 2.24. The molecule has 1 N–H and O–H groups in total. The van der Waals surface area contributed by atoms with E-state index in [1.807, 2.05) is 24.3 Å². The molecular formula is C22H25Cl2N5O. The SMILES string of the molecule is CN1CCN(CCCn2c(NC(=O)c3ccc(Cl)c(Cl)c3)nc3ccccc32)CC1. The Morgan fingerprint density at radius 1 is 1.03 bits per heavy atom. The van der Waals surface area contributed by atoms with E-state index in [0.29, 0.717) is 21.6 Å². The van der Waals surface area contributed by atoms with Crippen LogP contribution in [0.25, 0.3) is 11.0 Å². The van der Waals surface area contributed by atoms with Gasteiger partial charge in [-0.3, -0.25) is 10.1 Å². The highest BCUT2D eigenvalue weighted by Gasteiger charge is 2.17. The number of anilines is 1. The topological polar surface area (TPSA) is 53.4 Å². The van der Waals surface area contributed by atoms with Gasteiger partial charge in [-0.25, -0.2) is 4.98 Å². The van der Waals surface area contributed by atoms with Gasteiger partial charge in [0.05, 0.1) is 21.1 Å². The Labute approximate surface area is 186 Å². The molecule has 1 amide bonds. The predicted octanol–water partition coefficient (Wildman–Crippen LogP) is 4.23. The van der Waals surface area contributed by atoms with Gasteiger partial charge in [-0.1, -0.05) is 35.3 Å². The van der Waals surface area contributed by atoms with Crippen LogP contribution in [0.2, 0.25) is 10.0 Å². The largest absolute Gasteiger partial charge is 0.310 e. The zero-order chi connectivity index (χ0) is 21.1. The summed E-state index contributed by atoms with van der Waals surface area (Å²) in [6.45, 7) is 6.23. The summed E-state index contributed by atoms with van der Waals surface area (Å²) in [6.07, 6.45) is 0.986. The molecule has 0 radical (unpaired) electrons. The first-order chi connectivity index (χ1) is 14.5. The number of piperazine rings is 1. The van der Waals surface area contributed by atoms with Crippen LogP contribution < -0.4 is 5.32 Å². The minimum Gasteiger partial charge on any atom is -0.310 e. The number of fused-ring (bicyclic) bond motifs is 1.